The highest BCUT2D eigenvalue weighted by Crippen LogP contribution is 2.31. The van der Waals surface area contributed by atoms with Gasteiger partial charge in [0.2, 0.25) is 0 Å². The van der Waals surface area contributed by atoms with Crippen molar-refractivity contribution < 1.29 is 8.78 Å². The number of aromatic nitrogens is 1. The van der Waals surface area contributed by atoms with Gasteiger partial charge in [-0.25, -0.2) is 8.78 Å². The van der Waals surface area contributed by atoms with Crippen molar-refractivity contribution in [2.75, 3.05) is 0 Å². The summed E-state index contributed by atoms with van der Waals surface area (Å²) in [6.07, 6.45) is -1.32. The van der Waals surface area contributed by atoms with Gasteiger partial charge in [-0.2, -0.15) is 0 Å². The molecule has 1 nitrogen and oxygen atoms in total. The average molecular weight is 338 g/mol. The van der Waals surface area contributed by atoms with Gasteiger partial charge in [0.25, 0.3) is 6.43 Å². The maximum absolute atomic E-state index is 12.3. The Hall–Kier alpha value is 0.320. The van der Waals surface area contributed by atoms with E-state index < -0.39 is 12.1 Å². The smallest absolute Gasteiger partial charge is 0.253 e. The average Bonchev–Trinajstić information content (AvgIpc) is 2.04. The van der Waals surface area contributed by atoms with E-state index in [1.165, 1.54) is 6.20 Å². The minimum absolute atomic E-state index is 0.0306. The van der Waals surface area contributed by atoms with E-state index in [1.54, 1.807) is 0 Å². The second kappa shape index (κ2) is 4.70. The second-order valence-electron chi connectivity index (χ2n) is 2.22. The van der Waals surface area contributed by atoms with Crippen molar-refractivity contribution in [1.82, 2.24) is 4.98 Å². The molecule has 0 fully saturated rings. The Balaban J connectivity index is 3.27. The summed E-state index contributed by atoms with van der Waals surface area (Å²) < 4.78 is 25.3. The predicted octanol–water partition coefficient (Wildman–Crippen LogP) is 4.02. The Morgan fingerprint density at radius 3 is 2.62 bits per heavy atom. The first-order chi connectivity index (χ1) is 6.07. The molecule has 0 N–H and O–H groups in total. The molecule has 0 saturated carbocycles. The van der Waals surface area contributed by atoms with E-state index in [-0.39, 0.29) is 10.9 Å². The van der Waals surface area contributed by atoms with Crippen LogP contribution in [0.2, 0.25) is 5.02 Å². The standard InChI is InChI=1S/C7H4Cl2F2IN/c8-1-3-4(12)2-13-6(5(3)9)7(10)11/h2,7H,1H2. The second-order valence-corrected chi connectivity index (χ2v) is 4.03. The first-order valence-corrected chi connectivity index (χ1v) is 5.24. The molecule has 0 aliphatic carbocycles. The SMILES string of the molecule is FC(F)c1ncc(I)c(CCl)c1Cl. The lowest BCUT2D eigenvalue weighted by Gasteiger charge is -2.07. The third-order valence-electron chi connectivity index (χ3n) is 1.44. The highest BCUT2D eigenvalue weighted by Gasteiger charge is 2.17. The summed E-state index contributed by atoms with van der Waals surface area (Å²) >= 11 is 13.2. The molecule has 1 aromatic heterocycles. The fraction of sp³-hybridized carbons (Fsp3) is 0.286. The molecule has 0 saturated heterocycles. The zero-order valence-corrected chi connectivity index (χ0v) is 9.87. The molecule has 0 unspecified atom stereocenters. The third-order valence-corrected chi connectivity index (χ3v) is 3.05. The number of pyridine rings is 1. The van der Waals surface area contributed by atoms with Gasteiger partial charge in [0.1, 0.15) is 5.69 Å². The van der Waals surface area contributed by atoms with Crippen LogP contribution in [-0.2, 0) is 5.88 Å². The number of hydrogen-bond acceptors (Lipinski definition) is 1. The first kappa shape index (κ1) is 11.4. The van der Waals surface area contributed by atoms with Crippen molar-refractivity contribution in [3.63, 3.8) is 0 Å². The molecule has 0 amide bonds. The third kappa shape index (κ3) is 2.41. The molecule has 1 heterocycles. The molecule has 72 valence electrons. The van der Waals surface area contributed by atoms with Crippen LogP contribution in [0.25, 0.3) is 0 Å². The molecule has 0 aliphatic rings. The monoisotopic (exact) mass is 337 g/mol. The molecule has 0 radical (unpaired) electrons. The lowest BCUT2D eigenvalue weighted by Crippen LogP contribution is -1.97. The maximum Gasteiger partial charge on any atom is 0.281 e. The van der Waals surface area contributed by atoms with Crippen LogP contribution in [-0.4, -0.2) is 4.98 Å². The molecular formula is C7H4Cl2F2IN. The number of nitrogens with zero attached hydrogens (tertiary/aromatic N) is 1. The van der Waals surface area contributed by atoms with Gasteiger partial charge in [0.15, 0.2) is 0 Å². The molecule has 0 bridgehead atoms. The van der Waals surface area contributed by atoms with E-state index in [0.29, 0.717) is 9.13 Å². The Morgan fingerprint density at radius 1 is 1.54 bits per heavy atom. The van der Waals surface area contributed by atoms with E-state index in [2.05, 4.69) is 4.98 Å². The van der Waals surface area contributed by atoms with Crippen LogP contribution >= 0.6 is 45.8 Å². The lowest BCUT2D eigenvalue weighted by atomic mass is 10.2. The van der Waals surface area contributed by atoms with Gasteiger partial charge in [-0.1, -0.05) is 11.6 Å². The first-order valence-electron chi connectivity index (χ1n) is 3.24. The summed E-state index contributed by atoms with van der Waals surface area (Å²) in [4.78, 5) is 3.54. The Kier molecular flexibility index (Phi) is 4.12. The van der Waals surface area contributed by atoms with Gasteiger partial charge < -0.3 is 0 Å². The van der Waals surface area contributed by atoms with Gasteiger partial charge in [0, 0.05) is 15.3 Å². The van der Waals surface area contributed by atoms with Gasteiger partial charge in [-0.3, -0.25) is 4.98 Å². The van der Waals surface area contributed by atoms with Crippen molar-refractivity contribution in [3.05, 3.63) is 26.0 Å². The summed E-state index contributed by atoms with van der Waals surface area (Å²) in [6, 6.07) is 0. The van der Waals surface area contributed by atoms with Gasteiger partial charge in [-0.15, -0.1) is 11.6 Å². The van der Waals surface area contributed by atoms with Crippen LogP contribution in [0, 0.1) is 3.57 Å². The normalized spacial score (nSPS) is 10.9. The highest BCUT2D eigenvalue weighted by molar-refractivity contribution is 14.1. The number of rotatable bonds is 2. The van der Waals surface area contributed by atoms with Crippen LogP contribution in [0.4, 0.5) is 8.78 Å². The van der Waals surface area contributed by atoms with Crippen molar-refractivity contribution in [2.24, 2.45) is 0 Å². The Morgan fingerprint density at radius 2 is 2.15 bits per heavy atom. The van der Waals surface area contributed by atoms with Crippen molar-refractivity contribution in [2.45, 2.75) is 12.3 Å². The van der Waals surface area contributed by atoms with E-state index in [9.17, 15) is 8.78 Å². The molecule has 6 heteroatoms. The predicted molar refractivity (Wildman–Crippen MR) is 56.5 cm³/mol. The minimum atomic E-state index is -2.66. The minimum Gasteiger partial charge on any atom is -0.253 e. The molecule has 13 heavy (non-hydrogen) atoms. The molecule has 0 atom stereocenters. The molecular weight excluding hydrogens is 334 g/mol. The molecule has 0 aromatic carbocycles. The van der Waals surface area contributed by atoms with E-state index >= 15 is 0 Å². The number of halogens is 5. The quantitative estimate of drug-likeness (QED) is 0.587. The summed E-state index contributed by atoms with van der Waals surface area (Å²) in [6.45, 7) is 0. The van der Waals surface area contributed by atoms with Crippen molar-refractivity contribution >= 4 is 45.8 Å². The zero-order valence-electron chi connectivity index (χ0n) is 6.20. The Labute approximate surface area is 97.6 Å². The van der Waals surface area contributed by atoms with Gasteiger partial charge in [-0.05, 0) is 22.6 Å². The van der Waals surface area contributed by atoms with Crippen LogP contribution in [0.15, 0.2) is 6.20 Å². The summed E-state index contributed by atoms with van der Waals surface area (Å²) in [5.41, 5.74) is 0.104. The molecule has 0 aliphatic heterocycles. The van der Waals surface area contributed by atoms with Crippen molar-refractivity contribution in [3.8, 4) is 0 Å². The molecule has 1 aromatic rings. The van der Waals surface area contributed by atoms with Crippen LogP contribution in [0.1, 0.15) is 17.7 Å². The zero-order chi connectivity index (χ0) is 10.0. The van der Waals surface area contributed by atoms with Gasteiger partial charge in [0.05, 0.1) is 10.9 Å². The highest BCUT2D eigenvalue weighted by atomic mass is 127. The van der Waals surface area contributed by atoms with E-state index in [0.717, 1.165) is 0 Å². The summed E-state index contributed by atoms with van der Waals surface area (Å²) in [5, 5.41) is -0.0306. The van der Waals surface area contributed by atoms with Crippen molar-refractivity contribution in [1.29, 1.82) is 0 Å². The number of hydrogen-bond donors (Lipinski definition) is 0. The van der Waals surface area contributed by atoms with Crippen LogP contribution in [0.3, 0.4) is 0 Å². The maximum atomic E-state index is 12.3. The topological polar surface area (TPSA) is 12.9 Å². The van der Waals surface area contributed by atoms with Crippen LogP contribution in [0.5, 0.6) is 0 Å². The fourth-order valence-corrected chi connectivity index (χ4v) is 2.43. The fourth-order valence-electron chi connectivity index (χ4n) is 0.795. The largest absolute Gasteiger partial charge is 0.281 e. The lowest BCUT2D eigenvalue weighted by molar-refractivity contribution is 0.146. The van der Waals surface area contributed by atoms with E-state index in [1.807, 2.05) is 22.6 Å². The Bertz CT molecular complexity index is 320. The summed E-state index contributed by atoms with van der Waals surface area (Å²) in [7, 11) is 0. The summed E-state index contributed by atoms with van der Waals surface area (Å²) in [5.74, 6) is 0.110. The van der Waals surface area contributed by atoms with Gasteiger partial charge >= 0.3 is 0 Å². The molecule has 0 spiro atoms. The number of alkyl halides is 3. The van der Waals surface area contributed by atoms with E-state index in [4.69, 9.17) is 23.2 Å². The van der Waals surface area contributed by atoms with Crippen LogP contribution < -0.4 is 0 Å². The molecule has 1 rings (SSSR count).